The van der Waals surface area contributed by atoms with Crippen LogP contribution in [0.4, 0.5) is 0 Å². The Morgan fingerprint density at radius 3 is 2.70 bits per heavy atom. The van der Waals surface area contributed by atoms with E-state index in [2.05, 4.69) is 34.0 Å². The second kappa shape index (κ2) is 10.2. The summed E-state index contributed by atoms with van der Waals surface area (Å²) >= 11 is 0. The SMILES string of the molecule is C=CCNC(=O)[C@@]1(Cc2ccccc2-c2cccnc2)CCCN(C(=O)c2ccccn2)C1. The summed E-state index contributed by atoms with van der Waals surface area (Å²) < 4.78 is 0. The van der Waals surface area contributed by atoms with Crippen molar-refractivity contribution >= 4 is 11.8 Å². The molecule has 4 rings (SSSR count). The first kappa shape index (κ1) is 22.4. The van der Waals surface area contributed by atoms with Crippen molar-refractivity contribution in [2.45, 2.75) is 19.3 Å². The minimum Gasteiger partial charge on any atom is -0.352 e. The van der Waals surface area contributed by atoms with Crippen LogP contribution in [0.25, 0.3) is 11.1 Å². The highest BCUT2D eigenvalue weighted by Crippen LogP contribution is 2.37. The number of carbonyl (C=O) groups excluding carboxylic acids is 2. The fraction of sp³-hybridized carbons (Fsp3) is 0.259. The summed E-state index contributed by atoms with van der Waals surface area (Å²) in [5, 5.41) is 3.00. The Morgan fingerprint density at radius 2 is 1.94 bits per heavy atom. The quantitative estimate of drug-likeness (QED) is 0.565. The zero-order valence-electron chi connectivity index (χ0n) is 18.6. The molecule has 1 aromatic carbocycles. The highest BCUT2D eigenvalue weighted by molar-refractivity contribution is 5.93. The molecule has 3 aromatic rings. The number of nitrogens with zero attached hydrogens (tertiary/aromatic N) is 3. The van der Waals surface area contributed by atoms with Crippen LogP contribution in [0.15, 0.2) is 85.8 Å². The van der Waals surface area contributed by atoms with Crippen LogP contribution in [0.5, 0.6) is 0 Å². The molecule has 1 fully saturated rings. The van der Waals surface area contributed by atoms with Gasteiger partial charge in [-0.15, -0.1) is 6.58 Å². The highest BCUT2D eigenvalue weighted by atomic mass is 16.2. The lowest BCUT2D eigenvalue weighted by atomic mass is 9.73. The third-order valence-electron chi connectivity index (χ3n) is 6.16. The van der Waals surface area contributed by atoms with Crippen molar-refractivity contribution in [1.82, 2.24) is 20.2 Å². The van der Waals surface area contributed by atoms with Crippen molar-refractivity contribution in [3.8, 4) is 11.1 Å². The van der Waals surface area contributed by atoms with Crippen molar-refractivity contribution in [3.05, 3.63) is 97.1 Å². The molecule has 0 saturated carbocycles. The summed E-state index contributed by atoms with van der Waals surface area (Å²) in [5.41, 5.74) is 2.77. The van der Waals surface area contributed by atoms with E-state index in [9.17, 15) is 9.59 Å². The number of piperidine rings is 1. The van der Waals surface area contributed by atoms with Gasteiger partial charge in [0.05, 0.1) is 5.41 Å². The molecule has 1 aliphatic heterocycles. The lowest BCUT2D eigenvalue weighted by molar-refractivity contribution is -0.133. The van der Waals surface area contributed by atoms with E-state index in [4.69, 9.17) is 0 Å². The minimum absolute atomic E-state index is 0.0538. The van der Waals surface area contributed by atoms with E-state index in [0.29, 0.717) is 38.2 Å². The van der Waals surface area contributed by atoms with Gasteiger partial charge in [-0.3, -0.25) is 19.6 Å². The standard InChI is InChI=1S/C27H28N4O2/c1-2-14-30-26(33)27(13-8-17-31(20-27)25(32)24-12-5-6-16-29-24)18-21-9-3-4-11-23(21)22-10-7-15-28-19-22/h2-7,9-12,15-16,19H,1,8,13-14,17-18,20H2,(H,30,33)/t27-/m1/s1. The largest absolute Gasteiger partial charge is 0.352 e. The van der Waals surface area contributed by atoms with E-state index in [1.807, 2.05) is 30.5 Å². The first-order valence-electron chi connectivity index (χ1n) is 11.2. The molecule has 0 spiro atoms. The van der Waals surface area contributed by atoms with Crippen molar-refractivity contribution in [2.24, 2.45) is 5.41 Å². The summed E-state index contributed by atoms with van der Waals surface area (Å²) in [6.07, 6.45) is 8.84. The summed E-state index contributed by atoms with van der Waals surface area (Å²) in [7, 11) is 0. The maximum Gasteiger partial charge on any atom is 0.272 e. The smallest absolute Gasteiger partial charge is 0.272 e. The van der Waals surface area contributed by atoms with Crippen LogP contribution >= 0.6 is 0 Å². The van der Waals surface area contributed by atoms with Crippen LogP contribution < -0.4 is 5.32 Å². The van der Waals surface area contributed by atoms with Gasteiger partial charge in [-0.1, -0.05) is 42.5 Å². The zero-order chi connectivity index (χ0) is 23.1. The molecule has 3 heterocycles. The fourth-order valence-electron chi connectivity index (χ4n) is 4.56. The van der Waals surface area contributed by atoms with Crippen LogP contribution in [0.1, 0.15) is 28.9 Å². The van der Waals surface area contributed by atoms with Gasteiger partial charge in [-0.2, -0.15) is 0 Å². The maximum atomic E-state index is 13.5. The van der Waals surface area contributed by atoms with E-state index in [0.717, 1.165) is 23.1 Å². The van der Waals surface area contributed by atoms with Gasteiger partial charge in [0.25, 0.3) is 5.91 Å². The van der Waals surface area contributed by atoms with Gasteiger partial charge in [-0.05, 0) is 48.6 Å². The van der Waals surface area contributed by atoms with Gasteiger partial charge in [0.2, 0.25) is 5.91 Å². The lowest BCUT2D eigenvalue weighted by Gasteiger charge is -2.42. The molecule has 0 unspecified atom stereocenters. The first-order chi connectivity index (χ1) is 16.1. The summed E-state index contributed by atoms with van der Waals surface area (Å²) in [6, 6.07) is 17.3. The van der Waals surface area contributed by atoms with Gasteiger partial charge in [0.15, 0.2) is 0 Å². The van der Waals surface area contributed by atoms with Crippen molar-refractivity contribution in [1.29, 1.82) is 0 Å². The Hall–Kier alpha value is -3.80. The van der Waals surface area contributed by atoms with Gasteiger partial charge in [0, 0.05) is 43.8 Å². The summed E-state index contributed by atoms with van der Waals surface area (Å²) in [5.74, 6) is -0.196. The molecule has 6 heteroatoms. The predicted molar refractivity (Wildman–Crippen MR) is 128 cm³/mol. The molecule has 2 aromatic heterocycles. The van der Waals surface area contributed by atoms with Crippen molar-refractivity contribution in [2.75, 3.05) is 19.6 Å². The number of pyridine rings is 2. The average molecular weight is 441 g/mol. The maximum absolute atomic E-state index is 13.5. The number of hydrogen-bond donors (Lipinski definition) is 1. The molecule has 1 N–H and O–H groups in total. The number of aromatic nitrogens is 2. The van der Waals surface area contributed by atoms with E-state index < -0.39 is 5.41 Å². The van der Waals surface area contributed by atoms with Crippen LogP contribution in [0.2, 0.25) is 0 Å². The fourth-order valence-corrected chi connectivity index (χ4v) is 4.56. The second-order valence-corrected chi connectivity index (χ2v) is 8.40. The Morgan fingerprint density at radius 1 is 1.09 bits per heavy atom. The van der Waals surface area contributed by atoms with E-state index in [-0.39, 0.29) is 11.8 Å². The van der Waals surface area contributed by atoms with Gasteiger partial charge in [-0.25, -0.2) is 0 Å². The Kier molecular flexibility index (Phi) is 6.93. The number of nitrogens with one attached hydrogen (secondary N) is 1. The van der Waals surface area contributed by atoms with Crippen molar-refractivity contribution < 1.29 is 9.59 Å². The number of hydrogen-bond acceptors (Lipinski definition) is 4. The van der Waals surface area contributed by atoms with Crippen LogP contribution in [-0.2, 0) is 11.2 Å². The topological polar surface area (TPSA) is 75.2 Å². The van der Waals surface area contributed by atoms with Gasteiger partial charge >= 0.3 is 0 Å². The molecule has 0 bridgehead atoms. The van der Waals surface area contributed by atoms with Crippen LogP contribution in [0.3, 0.4) is 0 Å². The summed E-state index contributed by atoms with van der Waals surface area (Å²) in [6.45, 7) is 5.06. The van der Waals surface area contributed by atoms with Crippen LogP contribution in [-0.4, -0.2) is 46.3 Å². The van der Waals surface area contributed by atoms with E-state index in [1.165, 1.54) is 0 Å². The molecule has 1 aliphatic rings. The van der Waals surface area contributed by atoms with Gasteiger partial charge < -0.3 is 10.2 Å². The molecule has 0 aliphatic carbocycles. The third-order valence-corrected chi connectivity index (χ3v) is 6.16. The van der Waals surface area contributed by atoms with Gasteiger partial charge in [0.1, 0.15) is 5.69 Å². The highest BCUT2D eigenvalue weighted by Gasteiger charge is 2.44. The van der Waals surface area contributed by atoms with Crippen molar-refractivity contribution in [3.63, 3.8) is 0 Å². The minimum atomic E-state index is -0.746. The number of likely N-dealkylation sites (tertiary alicyclic amines) is 1. The molecule has 6 nitrogen and oxygen atoms in total. The molecule has 33 heavy (non-hydrogen) atoms. The first-order valence-corrected chi connectivity index (χ1v) is 11.2. The molecule has 0 radical (unpaired) electrons. The predicted octanol–water partition coefficient (Wildman–Crippen LogP) is 3.91. The Bertz CT molecular complexity index is 1120. The number of rotatable bonds is 7. The number of benzene rings is 1. The lowest BCUT2D eigenvalue weighted by Crippen LogP contribution is -2.54. The normalized spacial score (nSPS) is 17.9. The molecular formula is C27H28N4O2. The Labute approximate surface area is 194 Å². The van der Waals surface area contributed by atoms with E-state index >= 15 is 0 Å². The number of carbonyl (C=O) groups is 2. The zero-order valence-corrected chi connectivity index (χ0v) is 18.6. The molecular weight excluding hydrogens is 412 g/mol. The third kappa shape index (κ3) is 5.00. The van der Waals surface area contributed by atoms with Crippen LogP contribution in [0, 0.1) is 5.41 Å². The average Bonchev–Trinajstić information content (AvgIpc) is 2.88. The monoisotopic (exact) mass is 440 g/mol. The second-order valence-electron chi connectivity index (χ2n) is 8.40. The summed E-state index contributed by atoms with van der Waals surface area (Å²) in [4.78, 5) is 36.9. The van der Waals surface area contributed by atoms with E-state index in [1.54, 1.807) is 41.6 Å². The number of amides is 2. The molecule has 168 valence electrons. The molecule has 1 atom stereocenters. The molecule has 2 amide bonds. The Balaban J connectivity index is 1.68. The molecule has 1 saturated heterocycles.